The van der Waals surface area contributed by atoms with E-state index in [1.54, 1.807) is 48.5 Å². The number of anilines is 1. The van der Waals surface area contributed by atoms with Crippen LogP contribution < -0.4 is 24.4 Å². The van der Waals surface area contributed by atoms with E-state index in [-0.39, 0.29) is 5.57 Å². The highest BCUT2D eigenvalue weighted by Crippen LogP contribution is 2.30. The predicted octanol–water partition coefficient (Wildman–Crippen LogP) is 3.33. The van der Waals surface area contributed by atoms with Gasteiger partial charge in [0.15, 0.2) is 11.5 Å². The molecule has 2 aromatic rings. The lowest BCUT2D eigenvalue weighted by molar-refractivity contribution is -0.122. The summed E-state index contributed by atoms with van der Waals surface area (Å²) in [7, 11) is 1.48. The van der Waals surface area contributed by atoms with E-state index in [9.17, 15) is 14.4 Å². The van der Waals surface area contributed by atoms with Gasteiger partial charge in [-0.1, -0.05) is 18.7 Å². The number of nitrogens with zero attached hydrogens (tertiary/aromatic N) is 1. The van der Waals surface area contributed by atoms with Gasteiger partial charge < -0.3 is 14.2 Å². The van der Waals surface area contributed by atoms with Crippen molar-refractivity contribution >= 4 is 29.6 Å². The lowest BCUT2D eigenvalue weighted by Crippen LogP contribution is -2.54. The van der Waals surface area contributed by atoms with E-state index < -0.39 is 17.8 Å². The first-order valence-corrected chi connectivity index (χ1v) is 9.54. The Morgan fingerprint density at radius 3 is 2.42 bits per heavy atom. The zero-order chi connectivity index (χ0) is 22.4. The summed E-state index contributed by atoms with van der Waals surface area (Å²) in [5, 5.41) is 2.20. The van der Waals surface area contributed by atoms with Gasteiger partial charge in [0.2, 0.25) is 0 Å². The number of carbonyl (C=O) groups is 3. The molecule has 1 aliphatic rings. The zero-order valence-corrected chi connectivity index (χ0v) is 17.2. The van der Waals surface area contributed by atoms with Crippen molar-refractivity contribution in [3.05, 3.63) is 66.3 Å². The van der Waals surface area contributed by atoms with Crippen molar-refractivity contribution in [2.75, 3.05) is 25.2 Å². The van der Waals surface area contributed by atoms with Crippen LogP contribution in [-0.2, 0) is 9.59 Å². The quantitative estimate of drug-likeness (QED) is 0.398. The van der Waals surface area contributed by atoms with E-state index in [0.717, 1.165) is 4.90 Å². The van der Waals surface area contributed by atoms with Crippen molar-refractivity contribution in [3.63, 3.8) is 0 Å². The van der Waals surface area contributed by atoms with Crippen LogP contribution in [0.3, 0.4) is 0 Å². The van der Waals surface area contributed by atoms with Crippen LogP contribution in [0.5, 0.6) is 17.2 Å². The molecule has 160 valence electrons. The maximum absolute atomic E-state index is 13.0. The molecule has 0 aliphatic carbocycles. The Kier molecular flexibility index (Phi) is 6.71. The Balaban J connectivity index is 1.92. The summed E-state index contributed by atoms with van der Waals surface area (Å²) >= 11 is 0. The molecule has 0 bridgehead atoms. The number of nitrogens with one attached hydrogen (secondary N) is 1. The van der Waals surface area contributed by atoms with Gasteiger partial charge in [0.05, 0.1) is 19.4 Å². The molecule has 0 radical (unpaired) electrons. The van der Waals surface area contributed by atoms with Crippen molar-refractivity contribution < 1.29 is 28.6 Å². The number of benzene rings is 2. The molecule has 1 N–H and O–H groups in total. The molecule has 0 atom stereocenters. The molecule has 4 amide bonds. The second kappa shape index (κ2) is 9.62. The molecule has 1 saturated heterocycles. The largest absolute Gasteiger partial charge is 0.494 e. The number of urea groups is 1. The molecule has 0 spiro atoms. The molecule has 0 saturated carbocycles. The van der Waals surface area contributed by atoms with Gasteiger partial charge in [-0.2, -0.15) is 0 Å². The van der Waals surface area contributed by atoms with Crippen LogP contribution in [0.15, 0.2) is 60.7 Å². The number of carbonyl (C=O) groups excluding carboxylic acids is 3. The fourth-order valence-electron chi connectivity index (χ4n) is 2.96. The normalized spacial score (nSPS) is 15.0. The van der Waals surface area contributed by atoms with E-state index in [1.165, 1.54) is 13.2 Å². The topological polar surface area (TPSA) is 94.2 Å². The van der Waals surface area contributed by atoms with Crippen molar-refractivity contribution in [1.82, 2.24) is 5.32 Å². The van der Waals surface area contributed by atoms with E-state index in [2.05, 4.69) is 11.9 Å². The van der Waals surface area contributed by atoms with E-state index in [1.807, 2.05) is 6.92 Å². The number of hydrogen-bond acceptors (Lipinski definition) is 6. The minimum absolute atomic E-state index is 0.185. The van der Waals surface area contributed by atoms with Gasteiger partial charge in [0.1, 0.15) is 17.9 Å². The maximum atomic E-state index is 13.0. The van der Waals surface area contributed by atoms with Crippen molar-refractivity contribution in [2.24, 2.45) is 0 Å². The first kappa shape index (κ1) is 21.6. The number of amides is 4. The molecule has 1 fully saturated rings. The fraction of sp³-hybridized carbons (Fsp3) is 0.174. The number of imide groups is 2. The molecule has 8 nitrogen and oxygen atoms in total. The second-order valence-corrected chi connectivity index (χ2v) is 6.39. The molecule has 1 aliphatic heterocycles. The Morgan fingerprint density at radius 2 is 1.77 bits per heavy atom. The highest BCUT2D eigenvalue weighted by Gasteiger charge is 2.36. The molecule has 1 heterocycles. The molecule has 31 heavy (non-hydrogen) atoms. The summed E-state index contributed by atoms with van der Waals surface area (Å²) in [6.45, 7) is 6.24. The van der Waals surface area contributed by atoms with Crippen molar-refractivity contribution in [3.8, 4) is 17.2 Å². The minimum Gasteiger partial charge on any atom is -0.494 e. The van der Waals surface area contributed by atoms with E-state index in [4.69, 9.17) is 14.2 Å². The monoisotopic (exact) mass is 422 g/mol. The number of barbiturate groups is 1. The highest BCUT2D eigenvalue weighted by atomic mass is 16.5. The van der Waals surface area contributed by atoms with Gasteiger partial charge >= 0.3 is 6.03 Å². The molecular formula is C23H22N2O6. The van der Waals surface area contributed by atoms with Crippen LogP contribution in [0.2, 0.25) is 0 Å². The molecular weight excluding hydrogens is 400 g/mol. The molecule has 2 aromatic carbocycles. The second-order valence-electron chi connectivity index (χ2n) is 6.39. The predicted molar refractivity (Wildman–Crippen MR) is 115 cm³/mol. The van der Waals surface area contributed by atoms with E-state index >= 15 is 0 Å². The summed E-state index contributed by atoms with van der Waals surface area (Å²) < 4.78 is 16.2. The van der Waals surface area contributed by atoms with Crippen LogP contribution in [-0.4, -0.2) is 38.2 Å². The van der Waals surface area contributed by atoms with Crippen LogP contribution >= 0.6 is 0 Å². The Hall–Kier alpha value is -4.07. The summed E-state index contributed by atoms with van der Waals surface area (Å²) in [6, 6.07) is 10.6. The third-order valence-electron chi connectivity index (χ3n) is 4.36. The lowest BCUT2D eigenvalue weighted by atomic mass is 10.1. The van der Waals surface area contributed by atoms with Gasteiger partial charge in [0.25, 0.3) is 11.8 Å². The SMILES string of the molecule is C=CCOc1ccc(C=C2C(=O)NC(=O)N(c3ccc(OCC)cc3)C2=O)cc1OC. The van der Waals surface area contributed by atoms with Crippen molar-refractivity contribution in [2.45, 2.75) is 6.92 Å². The Morgan fingerprint density at radius 1 is 1.03 bits per heavy atom. The number of methoxy groups -OCH3 is 1. The lowest BCUT2D eigenvalue weighted by Gasteiger charge is -2.26. The summed E-state index contributed by atoms with van der Waals surface area (Å²) in [5.74, 6) is 0.0234. The average Bonchev–Trinajstić information content (AvgIpc) is 2.76. The third-order valence-corrected chi connectivity index (χ3v) is 4.36. The Labute approximate surface area is 179 Å². The van der Waals surface area contributed by atoms with Crippen LogP contribution in [0, 0.1) is 0 Å². The first-order valence-electron chi connectivity index (χ1n) is 9.54. The standard InChI is InChI=1S/C23H22N2O6/c1-4-12-31-19-11-6-15(14-20(19)29-3)13-18-21(26)24-23(28)25(22(18)27)16-7-9-17(10-8-16)30-5-2/h4,6-11,13-14H,1,5,12H2,2-3H3,(H,24,26,28). The molecule has 3 rings (SSSR count). The van der Waals surface area contributed by atoms with Crippen LogP contribution in [0.25, 0.3) is 6.08 Å². The van der Waals surface area contributed by atoms with Gasteiger partial charge in [-0.05, 0) is 55.0 Å². The number of rotatable bonds is 8. The molecule has 0 aromatic heterocycles. The van der Waals surface area contributed by atoms with Crippen LogP contribution in [0.4, 0.5) is 10.5 Å². The maximum Gasteiger partial charge on any atom is 0.335 e. The minimum atomic E-state index is -0.818. The van der Waals surface area contributed by atoms with Crippen molar-refractivity contribution in [1.29, 1.82) is 0 Å². The summed E-state index contributed by atoms with van der Waals surface area (Å²) in [5.41, 5.74) is 0.660. The van der Waals surface area contributed by atoms with Gasteiger partial charge in [-0.15, -0.1) is 0 Å². The Bertz CT molecular complexity index is 1040. The molecule has 8 heteroatoms. The fourth-order valence-corrected chi connectivity index (χ4v) is 2.96. The number of ether oxygens (including phenoxy) is 3. The molecule has 0 unspecified atom stereocenters. The average molecular weight is 422 g/mol. The smallest absolute Gasteiger partial charge is 0.335 e. The zero-order valence-electron chi connectivity index (χ0n) is 17.2. The highest BCUT2D eigenvalue weighted by molar-refractivity contribution is 6.39. The summed E-state index contributed by atoms with van der Waals surface area (Å²) in [6.07, 6.45) is 3.00. The van der Waals surface area contributed by atoms with E-state index in [0.29, 0.717) is 41.7 Å². The first-order chi connectivity index (χ1) is 15.0. The van der Waals surface area contributed by atoms with Gasteiger partial charge in [-0.3, -0.25) is 14.9 Å². The van der Waals surface area contributed by atoms with Crippen LogP contribution in [0.1, 0.15) is 12.5 Å². The van der Waals surface area contributed by atoms with Gasteiger partial charge in [-0.25, -0.2) is 9.69 Å². The summed E-state index contributed by atoms with van der Waals surface area (Å²) in [4.78, 5) is 38.6. The van der Waals surface area contributed by atoms with Gasteiger partial charge in [0, 0.05) is 0 Å². The number of hydrogen-bond donors (Lipinski definition) is 1. The third kappa shape index (κ3) is 4.75.